The predicted octanol–water partition coefficient (Wildman–Crippen LogP) is 4.20. The number of hydrogen-bond donors (Lipinski definition) is 1. The van der Waals surface area contributed by atoms with E-state index >= 15 is 0 Å². The van der Waals surface area contributed by atoms with Crippen LogP contribution in [0.5, 0.6) is 5.75 Å². The van der Waals surface area contributed by atoms with Crippen LogP contribution in [0.2, 0.25) is 0 Å². The van der Waals surface area contributed by atoms with E-state index in [4.69, 9.17) is 5.11 Å². The molecule has 34 heavy (non-hydrogen) atoms. The molecule has 0 spiro atoms. The number of alkyl halides is 3. The number of carboxylic acids is 1. The fraction of sp³-hybridized carbons (Fsp3) is 0.435. The topological polar surface area (TPSA) is 87.2 Å². The molecule has 1 aliphatic rings. The van der Waals surface area contributed by atoms with Crippen molar-refractivity contribution in [3.05, 3.63) is 53.6 Å². The van der Waals surface area contributed by atoms with E-state index in [9.17, 15) is 26.4 Å². The zero-order chi connectivity index (χ0) is 25.3. The fourth-order valence-electron chi connectivity index (χ4n) is 4.29. The Morgan fingerprint density at radius 2 is 1.68 bits per heavy atom. The van der Waals surface area contributed by atoms with Crippen molar-refractivity contribution in [2.75, 3.05) is 18.0 Å². The Labute approximate surface area is 196 Å². The highest BCUT2D eigenvalue weighted by Gasteiger charge is 2.39. The lowest BCUT2D eigenvalue weighted by atomic mass is 10.0. The Morgan fingerprint density at radius 1 is 1.09 bits per heavy atom. The highest BCUT2D eigenvalue weighted by molar-refractivity contribution is 7.89. The van der Waals surface area contributed by atoms with Gasteiger partial charge >= 0.3 is 12.3 Å². The average Bonchev–Trinajstić information content (AvgIpc) is 2.71. The third-order valence-corrected chi connectivity index (χ3v) is 7.90. The number of nitrogens with zero attached hydrogens (tertiary/aromatic N) is 2. The monoisotopic (exact) mass is 500 g/mol. The molecule has 0 unspecified atom stereocenters. The van der Waals surface area contributed by atoms with E-state index in [2.05, 4.69) is 4.74 Å². The summed E-state index contributed by atoms with van der Waals surface area (Å²) < 4.78 is 69.5. The Hall–Kier alpha value is -2.79. The van der Waals surface area contributed by atoms with Gasteiger partial charge in [0.2, 0.25) is 10.0 Å². The Morgan fingerprint density at radius 3 is 2.21 bits per heavy atom. The minimum absolute atomic E-state index is 0.0946. The number of aliphatic carboxylic acids is 1. The number of ether oxygens (including phenoxy) is 1. The van der Waals surface area contributed by atoms with Crippen molar-refractivity contribution in [2.45, 2.75) is 57.0 Å². The molecule has 0 aliphatic carbocycles. The number of benzene rings is 2. The van der Waals surface area contributed by atoms with Crippen LogP contribution in [0.4, 0.5) is 18.9 Å². The fourth-order valence-corrected chi connectivity index (χ4v) is 6.15. The Bertz CT molecular complexity index is 1120. The Balaban J connectivity index is 1.78. The third kappa shape index (κ3) is 6.01. The van der Waals surface area contributed by atoms with Crippen molar-refractivity contribution in [1.29, 1.82) is 0 Å². The molecule has 0 amide bonds. The molecule has 3 rings (SSSR count). The molecule has 1 heterocycles. The van der Waals surface area contributed by atoms with Crippen molar-refractivity contribution in [1.82, 2.24) is 4.31 Å². The zero-order valence-electron chi connectivity index (χ0n) is 19.0. The maximum Gasteiger partial charge on any atom is 0.573 e. The number of halogens is 3. The van der Waals surface area contributed by atoms with Gasteiger partial charge in [-0.25, -0.2) is 8.42 Å². The summed E-state index contributed by atoms with van der Waals surface area (Å²) in [4.78, 5) is 13.0. The number of carbonyl (C=O) groups is 1. The summed E-state index contributed by atoms with van der Waals surface area (Å²) in [6.45, 7) is 6.06. The molecule has 0 radical (unpaired) electrons. The molecule has 11 heteroatoms. The molecular weight excluding hydrogens is 473 g/mol. The molecule has 1 saturated heterocycles. The van der Waals surface area contributed by atoms with Crippen LogP contribution in [-0.4, -0.2) is 55.3 Å². The number of anilines is 1. The van der Waals surface area contributed by atoms with Crippen LogP contribution in [0.3, 0.4) is 0 Å². The van der Waals surface area contributed by atoms with Gasteiger partial charge in [-0.1, -0.05) is 6.07 Å². The SMILES string of the molecule is Cc1ccc(S(=O)(=O)N2[C@H](C)CN(c3ccc(OC(F)(F)F)cc3)C[C@@H]2C)cc1CCC(=O)O. The van der Waals surface area contributed by atoms with Gasteiger partial charge in [0.05, 0.1) is 4.90 Å². The van der Waals surface area contributed by atoms with Gasteiger partial charge in [-0.2, -0.15) is 4.31 Å². The summed E-state index contributed by atoms with van der Waals surface area (Å²) in [7, 11) is -3.86. The van der Waals surface area contributed by atoms with Crippen LogP contribution in [0.25, 0.3) is 0 Å². The Kier molecular flexibility index (Phi) is 7.47. The van der Waals surface area contributed by atoms with Gasteiger partial charge in [0.25, 0.3) is 0 Å². The van der Waals surface area contributed by atoms with Gasteiger partial charge in [0.1, 0.15) is 5.75 Å². The predicted molar refractivity (Wildman–Crippen MR) is 120 cm³/mol. The minimum atomic E-state index is -4.77. The second-order valence-corrected chi connectivity index (χ2v) is 10.3. The molecule has 7 nitrogen and oxygen atoms in total. The first kappa shape index (κ1) is 25.8. The van der Waals surface area contributed by atoms with E-state index in [0.717, 1.165) is 5.56 Å². The highest BCUT2D eigenvalue weighted by Crippen LogP contribution is 2.31. The molecule has 186 valence electrons. The van der Waals surface area contributed by atoms with Gasteiger partial charge in [0, 0.05) is 37.3 Å². The normalized spacial score (nSPS) is 19.8. The van der Waals surface area contributed by atoms with Gasteiger partial charge in [-0.15, -0.1) is 13.2 Å². The average molecular weight is 501 g/mol. The molecule has 1 fully saturated rings. The molecule has 0 saturated carbocycles. The summed E-state index contributed by atoms with van der Waals surface area (Å²) in [5.74, 6) is -1.28. The maximum absolute atomic E-state index is 13.5. The number of rotatable bonds is 7. The van der Waals surface area contributed by atoms with Gasteiger partial charge in [-0.3, -0.25) is 4.79 Å². The van der Waals surface area contributed by atoms with Crippen LogP contribution >= 0.6 is 0 Å². The standard InChI is InChI=1S/C23H27F3N2O5S/c1-15-4-10-21(12-18(15)5-11-22(29)30)34(31,32)28-16(2)13-27(14-17(28)3)19-6-8-20(9-7-19)33-23(24,25)26/h4,6-10,12,16-17H,5,11,13-14H2,1-3H3,(H,29,30)/t16-,17+. The van der Waals surface area contributed by atoms with E-state index in [1.165, 1.54) is 34.6 Å². The van der Waals surface area contributed by atoms with Crippen LogP contribution in [0, 0.1) is 6.92 Å². The number of sulfonamides is 1. The second-order valence-electron chi connectivity index (χ2n) is 8.46. The molecule has 1 aliphatic heterocycles. The van der Waals surface area contributed by atoms with Gasteiger partial charge in [0.15, 0.2) is 0 Å². The second kappa shape index (κ2) is 9.83. The van der Waals surface area contributed by atoms with Crippen LogP contribution in [0.15, 0.2) is 47.4 Å². The van der Waals surface area contributed by atoms with Crippen molar-refractivity contribution >= 4 is 21.7 Å². The number of hydrogen-bond acceptors (Lipinski definition) is 5. The minimum Gasteiger partial charge on any atom is -0.481 e. The van der Waals surface area contributed by atoms with Crippen molar-refractivity contribution < 1.29 is 36.2 Å². The highest BCUT2D eigenvalue weighted by atomic mass is 32.2. The number of aryl methyl sites for hydroxylation is 2. The molecule has 2 atom stereocenters. The summed E-state index contributed by atoms with van der Waals surface area (Å²) >= 11 is 0. The van der Waals surface area contributed by atoms with E-state index < -0.39 is 34.4 Å². The maximum atomic E-state index is 13.5. The molecule has 0 bridgehead atoms. The van der Waals surface area contributed by atoms with Gasteiger partial charge < -0.3 is 14.7 Å². The van der Waals surface area contributed by atoms with Crippen LogP contribution in [0.1, 0.15) is 31.4 Å². The summed E-state index contributed by atoms with van der Waals surface area (Å²) in [5.41, 5.74) is 2.16. The lowest BCUT2D eigenvalue weighted by Crippen LogP contribution is -2.58. The summed E-state index contributed by atoms with van der Waals surface area (Å²) in [6, 6.07) is 9.41. The van der Waals surface area contributed by atoms with Crippen molar-refractivity contribution in [2.24, 2.45) is 0 Å². The van der Waals surface area contributed by atoms with Crippen LogP contribution in [-0.2, 0) is 21.2 Å². The molecule has 1 N–H and O–H groups in total. The third-order valence-electron chi connectivity index (χ3n) is 5.78. The molecule has 2 aromatic rings. The molecule has 2 aromatic carbocycles. The first-order valence-corrected chi connectivity index (χ1v) is 12.2. The van der Waals surface area contributed by atoms with Crippen LogP contribution < -0.4 is 9.64 Å². The van der Waals surface area contributed by atoms with Crippen molar-refractivity contribution in [3.63, 3.8) is 0 Å². The first-order valence-electron chi connectivity index (χ1n) is 10.7. The summed E-state index contributed by atoms with van der Waals surface area (Å²) in [5, 5.41) is 8.96. The number of piperazine rings is 1. The molecular formula is C23H27F3N2O5S. The lowest BCUT2D eigenvalue weighted by molar-refractivity contribution is -0.274. The van der Waals surface area contributed by atoms with E-state index in [0.29, 0.717) is 24.3 Å². The first-order chi connectivity index (χ1) is 15.8. The van der Waals surface area contributed by atoms with E-state index in [-0.39, 0.29) is 23.5 Å². The van der Waals surface area contributed by atoms with E-state index in [1.807, 2.05) is 11.8 Å². The lowest BCUT2D eigenvalue weighted by Gasteiger charge is -2.44. The van der Waals surface area contributed by atoms with E-state index in [1.54, 1.807) is 26.0 Å². The zero-order valence-corrected chi connectivity index (χ0v) is 19.9. The smallest absolute Gasteiger partial charge is 0.481 e. The van der Waals surface area contributed by atoms with Gasteiger partial charge in [-0.05, 0) is 74.7 Å². The molecule has 0 aromatic heterocycles. The largest absolute Gasteiger partial charge is 0.573 e. The summed E-state index contributed by atoms with van der Waals surface area (Å²) in [6.07, 6.45) is -4.63. The number of carboxylic acid groups (broad SMARTS) is 1. The van der Waals surface area contributed by atoms with Crippen molar-refractivity contribution in [3.8, 4) is 5.75 Å². The quantitative estimate of drug-likeness (QED) is 0.613.